The number of carbonyl (C=O) groups is 2. The van der Waals surface area contributed by atoms with Gasteiger partial charge in [0.1, 0.15) is 22.7 Å². The minimum absolute atomic E-state index is 0.0168. The van der Waals surface area contributed by atoms with Crippen LogP contribution in [0.3, 0.4) is 0 Å². The summed E-state index contributed by atoms with van der Waals surface area (Å²) in [6.07, 6.45) is 6.59. The minimum atomic E-state index is -0.603. The van der Waals surface area contributed by atoms with Crippen molar-refractivity contribution in [3.8, 4) is 11.5 Å². The molecule has 6 heteroatoms. The summed E-state index contributed by atoms with van der Waals surface area (Å²) in [6, 6.07) is 10.3. The smallest absolute Gasteiger partial charge is 0.312 e. The van der Waals surface area contributed by atoms with Crippen LogP contribution in [0.1, 0.15) is 72.3 Å². The zero-order chi connectivity index (χ0) is 21.9. The summed E-state index contributed by atoms with van der Waals surface area (Å²) >= 11 is 0. The van der Waals surface area contributed by atoms with Crippen molar-refractivity contribution in [2.75, 3.05) is 0 Å². The van der Waals surface area contributed by atoms with Gasteiger partial charge in [-0.3, -0.25) is 14.4 Å². The van der Waals surface area contributed by atoms with Crippen molar-refractivity contribution in [2.24, 2.45) is 0 Å². The Labute approximate surface area is 184 Å². The molecule has 0 radical (unpaired) electrons. The first kappa shape index (κ1) is 19.3. The van der Waals surface area contributed by atoms with Crippen molar-refractivity contribution >= 4 is 22.7 Å². The molecule has 0 saturated heterocycles. The van der Waals surface area contributed by atoms with Crippen molar-refractivity contribution in [1.82, 2.24) is 0 Å². The van der Waals surface area contributed by atoms with Crippen LogP contribution in [0.25, 0.3) is 11.0 Å². The SMILES string of the molecule is O=C1CC(c2coc3ccccc3c2=O)c2c(ccc3c2OC2(CCCCC2)CC3=O)O1. The van der Waals surface area contributed by atoms with Gasteiger partial charge in [-0.15, -0.1) is 0 Å². The molecule has 1 unspecified atom stereocenters. The van der Waals surface area contributed by atoms with E-state index in [0.717, 1.165) is 32.1 Å². The number of hydrogen-bond acceptors (Lipinski definition) is 6. The summed E-state index contributed by atoms with van der Waals surface area (Å²) in [7, 11) is 0. The molecule has 162 valence electrons. The Kier molecular flexibility index (Phi) is 4.25. The second-order valence-electron chi connectivity index (χ2n) is 9.05. The summed E-state index contributed by atoms with van der Waals surface area (Å²) < 4.78 is 17.9. The van der Waals surface area contributed by atoms with Gasteiger partial charge < -0.3 is 13.9 Å². The van der Waals surface area contributed by atoms with Crippen LogP contribution in [-0.2, 0) is 4.79 Å². The third kappa shape index (κ3) is 2.89. The number of para-hydroxylation sites is 1. The van der Waals surface area contributed by atoms with E-state index >= 15 is 0 Å². The average molecular weight is 430 g/mol. The maximum Gasteiger partial charge on any atom is 0.312 e. The van der Waals surface area contributed by atoms with E-state index in [0.29, 0.717) is 45.6 Å². The van der Waals surface area contributed by atoms with E-state index in [4.69, 9.17) is 13.9 Å². The molecule has 1 aliphatic carbocycles. The maximum atomic E-state index is 13.4. The number of carbonyl (C=O) groups excluding carboxylic acids is 2. The average Bonchev–Trinajstić information content (AvgIpc) is 2.79. The second-order valence-corrected chi connectivity index (χ2v) is 9.05. The molecule has 1 atom stereocenters. The molecule has 1 fully saturated rings. The monoisotopic (exact) mass is 430 g/mol. The topological polar surface area (TPSA) is 82.8 Å². The third-order valence-electron chi connectivity index (χ3n) is 7.05. The number of ketones is 1. The van der Waals surface area contributed by atoms with Crippen molar-refractivity contribution in [2.45, 2.75) is 56.5 Å². The molecule has 1 aromatic heterocycles. The molecule has 3 aromatic rings. The highest BCUT2D eigenvalue weighted by Crippen LogP contribution is 2.50. The first-order valence-corrected chi connectivity index (χ1v) is 11.1. The van der Waals surface area contributed by atoms with Crippen LogP contribution >= 0.6 is 0 Å². The van der Waals surface area contributed by atoms with Crippen molar-refractivity contribution in [3.05, 3.63) is 69.6 Å². The zero-order valence-electron chi connectivity index (χ0n) is 17.5. The van der Waals surface area contributed by atoms with Crippen LogP contribution in [0, 0.1) is 0 Å². The summed E-state index contributed by atoms with van der Waals surface area (Å²) in [6.45, 7) is 0. The summed E-state index contributed by atoms with van der Waals surface area (Å²) in [5, 5.41) is 0.455. The molecule has 3 heterocycles. The summed E-state index contributed by atoms with van der Waals surface area (Å²) in [4.78, 5) is 38.9. The number of hydrogen-bond donors (Lipinski definition) is 0. The number of rotatable bonds is 1. The zero-order valence-corrected chi connectivity index (χ0v) is 17.5. The maximum absolute atomic E-state index is 13.4. The minimum Gasteiger partial charge on any atom is -0.486 e. The molecular weight excluding hydrogens is 408 g/mol. The first-order valence-electron chi connectivity index (χ1n) is 11.1. The van der Waals surface area contributed by atoms with Crippen LogP contribution < -0.4 is 14.9 Å². The lowest BCUT2D eigenvalue weighted by Crippen LogP contribution is -2.44. The largest absolute Gasteiger partial charge is 0.486 e. The second kappa shape index (κ2) is 7.05. The molecule has 32 heavy (non-hydrogen) atoms. The van der Waals surface area contributed by atoms with Crippen LogP contribution in [0.4, 0.5) is 0 Å². The lowest BCUT2D eigenvalue weighted by molar-refractivity contribution is -0.135. The van der Waals surface area contributed by atoms with E-state index in [1.165, 1.54) is 6.26 Å². The van der Waals surface area contributed by atoms with E-state index < -0.39 is 17.5 Å². The van der Waals surface area contributed by atoms with Crippen LogP contribution in [-0.4, -0.2) is 17.4 Å². The van der Waals surface area contributed by atoms with Gasteiger partial charge in [0.2, 0.25) is 0 Å². The fourth-order valence-electron chi connectivity index (χ4n) is 5.48. The number of esters is 1. The predicted octanol–water partition coefficient (Wildman–Crippen LogP) is 4.90. The van der Waals surface area contributed by atoms with E-state index in [1.807, 2.05) is 0 Å². The van der Waals surface area contributed by atoms with Crippen LogP contribution in [0.5, 0.6) is 11.5 Å². The van der Waals surface area contributed by atoms with Crippen molar-refractivity contribution in [1.29, 1.82) is 0 Å². The molecule has 1 saturated carbocycles. The Bertz CT molecular complexity index is 1330. The molecule has 0 N–H and O–H groups in total. The van der Waals surface area contributed by atoms with Crippen LogP contribution in [0.15, 0.2) is 51.9 Å². The van der Waals surface area contributed by atoms with Gasteiger partial charge in [-0.1, -0.05) is 18.6 Å². The summed E-state index contributed by atoms with van der Waals surface area (Å²) in [5.41, 5.74) is 1.24. The number of ether oxygens (including phenoxy) is 2. The van der Waals surface area contributed by atoms with Gasteiger partial charge in [-0.05, 0) is 49.9 Å². The Morgan fingerprint density at radius 2 is 1.75 bits per heavy atom. The molecule has 0 bridgehead atoms. The van der Waals surface area contributed by atoms with E-state index in [2.05, 4.69) is 0 Å². The van der Waals surface area contributed by atoms with Gasteiger partial charge in [-0.2, -0.15) is 0 Å². The Hall–Kier alpha value is -3.41. The Morgan fingerprint density at radius 3 is 2.59 bits per heavy atom. The molecule has 0 amide bonds. The Morgan fingerprint density at radius 1 is 0.938 bits per heavy atom. The van der Waals surface area contributed by atoms with Gasteiger partial charge in [-0.25, -0.2) is 0 Å². The highest BCUT2D eigenvalue weighted by Gasteiger charge is 2.45. The molecule has 3 aliphatic rings. The standard InChI is InChI=1S/C26H22O6/c27-19-13-26(10-4-1-5-11-26)32-25-15(19)8-9-21-23(25)17(12-22(28)31-21)18-14-30-20-7-3-2-6-16(20)24(18)29/h2-3,6-9,14,17H,1,4-5,10-13H2. The van der Waals surface area contributed by atoms with Gasteiger partial charge in [0.25, 0.3) is 0 Å². The van der Waals surface area contributed by atoms with E-state index in [-0.39, 0.29) is 17.6 Å². The highest BCUT2D eigenvalue weighted by molar-refractivity contribution is 6.01. The van der Waals surface area contributed by atoms with Gasteiger partial charge in [0.05, 0.1) is 30.1 Å². The number of Topliss-reactive ketones (excluding diaryl/α,β-unsaturated/α-hetero) is 1. The van der Waals surface area contributed by atoms with Gasteiger partial charge >= 0.3 is 5.97 Å². The quantitative estimate of drug-likeness (QED) is 0.403. The molecular formula is C26H22O6. The van der Waals surface area contributed by atoms with Gasteiger partial charge in [0.15, 0.2) is 11.2 Å². The van der Waals surface area contributed by atoms with E-state index in [9.17, 15) is 14.4 Å². The predicted molar refractivity (Wildman–Crippen MR) is 116 cm³/mol. The van der Waals surface area contributed by atoms with Crippen molar-refractivity contribution in [3.63, 3.8) is 0 Å². The molecule has 6 nitrogen and oxygen atoms in total. The molecule has 2 aliphatic heterocycles. The van der Waals surface area contributed by atoms with Gasteiger partial charge in [0, 0.05) is 17.0 Å². The Balaban J connectivity index is 1.56. The summed E-state index contributed by atoms with van der Waals surface area (Å²) in [5.74, 6) is -0.181. The van der Waals surface area contributed by atoms with E-state index in [1.54, 1.807) is 36.4 Å². The molecule has 2 aromatic carbocycles. The lowest BCUT2D eigenvalue weighted by atomic mass is 9.76. The molecule has 1 spiro atoms. The van der Waals surface area contributed by atoms with Crippen molar-refractivity contribution < 1.29 is 23.5 Å². The number of fused-ring (bicyclic) bond motifs is 4. The molecule has 6 rings (SSSR count). The fraction of sp³-hybridized carbons (Fsp3) is 0.346. The first-order chi connectivity index (χ1) is 15.5. The van der Waals surface area contributed by atoms with Crippen LogP contribution in [0.2, 0.25) is 0 Å². The normalized spacial score (nSPS) is 21.6. The fourth-order valence-corrected chi connectivity index (χ4v) is 5.48. The lowest BCUT2D eigenvalue weighted by Gasteiger charge is -2.42. The third-order valence-corrected chi connectivity index (χ3v) is 7.05. The highest BCUT2D eigenvalue weighted by atomic mass is 16.5. The number of benzene rings is 2.